The number of benzene rings is 2. The molecule has 0 spiro atoms. The number of hydrogen-bond acceptors (Lipinski definition) is 5. The van der Waals surface area contributed by atoms with E-state index < -0.39 is 0 Å². The highest BCUT2D eigenvalue weighted by molar-refractivity contribution is 7.22. The van der Waals surface area contributed by atoms with E-state index in [1.807, 2.05) is 43.4 Å². The average Bonchev–Trinajstić information content (AvgIpc) is 3.14. The van der Waals surface area contributed by atoms with Crippen LogP contribution in [0.15, 0.2) is 53.3 Å². The Balaban J connectivity index is 1.42. The number of nitrogens with zero attached hydrogens (tertiary/aromatic N) is 4. The van der Waals surface area contributed by atoms with Crippen LogP contribution in [0, 0.1) is 0 Å². The molecule has 142 valence electrons. The Morgan fingerprint density at radius 2 is 1.75 bits per heavy atom. The summed E-state index contributed by atoms with van der Waals surface area (Å²) in [4.78, 5) is 21.8. The quantitative estimate of drug-likeness (QED) is 0.498. The van der Waals surface area contributed by atoms with Crippen molar-refractivity contribution in [3.63, 3.8) is 0 Å². The molecule has 0 aliphatic carbocycles. The second kappa shape index (κ2) is 6.79. The molecule has 1 aliphatic heterocycles. The molecule has 0 radical (unpaired) electrons. The third-order valence-electron chi connectivity index (χ3n) is 5.36. The third kappa shape index (κ3) is 2.93. The van der Waals surface area contributed by atoms with E-state index in [0.29, 0.717) is 0 Å². The molecule has 0 N–H and O–H groups in total. The fourth-order valence-electron chi connectivity index (χ4n) is 3.81. The number of halogens is 1. The molecule has 5 nitrogen and oxygen atoms in total. The minimum Gasteiger partial charge on any atom is -0.367 e. The van der Waals surface area contributed by atoms with Crippen molar-refractivity contribution < 1.29 is 0 Å². The van der Waals surface area contributed by atoms with E-state index in [1.165, 1.54) is 0 Å². The summed E-state index contributed by atoms with van der Waals surface area (Å²) in [5.74, 6) is 0. The highest BCUT2D eigenvalue weighted by atomic mass is 35.5. The lowest BCUT2D eigenvalue weighted by Gasteiger charge is -2.36. The van der Waals surface area contributed by atoms with Gasteiger partial charge in [0.1, 0.15) is 0 Å². The van der Waals surface area contributed by atoms with Gasteiger partial charge in [-0.1, -0.05) is 41.1 Å². The molecule has 5 rings (SSSR count). The number of anilines is 2. The lowest BCUT2D eigenvalue weighted by molar-refractivity contribution is 0.653. The van der Waals surface area contributed by atoms with Crippen LogP contribution in [0.25, 0.3) is 21.1 Å². The minimum atomic E-state index is 0.0270. The van der Waals surface area contributed by atoms with E-state index in [1.54, 1.807) is 22.0 Å². The van der Waals surface area contributed by atoms with Crippen molar-refractivity contribution in [3.05, 3.63) is 63.9 Å². The maximum absolute atomic E-state index is 12.4. The molecular weight excluding hydrogens is 392 g/mol. The molecular formula is C21H19ClN4OS. The second-order valence-electron chi connectivity index (χ2n) is 7.03. The molecule has 28 heavy (non-hydrogen) atoms. The normalized spacial score (nSPS) is 14.9. The monoisotopic (exact) mass is 410 g/mol. The van der Waals surface area contributed by atoms with Crippen molar-refractivity contribution in [2.75, 3.05) is 36.0 Å². The fraction of sp³-hybridized carbons (Fsp3) is 0.238. The largest absolute Gasteiger partial charge is 0.367 e. The Morgan fingerprint density at radius 1 is 1.00 bits per heavy atom. The third-order valence-corrected chi connectivity index (χ3v) is 6.68. The summed E-state index contributed by atoms with van der Waals surface area (Å²) >= 11 is 7.78. The average molecular weight is 411 g/mol. The van der Waals surface area contributed by atoms with Crippen LogP contribution in [-0.4, -0.2) is 35.7 Å². The van der Waals surface area contributed by atoms with Crippen molar-refractivity contribution in [3.8, 4) is 0 Å². The number of piperazine rings is 1. The van der Waals surface area contributed by atoms with Gasteiger partial charge in [0.25, 0.3) is 5.56 Å². The lowest BCUT2D eigenvalue weighted by atomic mass is 10.1. The molecule has 1 aliphatic rings. The first kappa shape index (κ1) is 17.5. The molecule has 0 unspecified atom stereocenters. The summed E-state index contributed by atoms with van der Waals surface area (Å²) in [5.41, 5.74) is 3.01. The van der Waals surface area contributed by atoms with Crippen molar-refractivity contribution in [2.24, 2.45) is 7.05 Å². The van der Waals surface area contributed by atoms with E-state index in [4.69, 9.17) is 16.6 Å². The maximum atomic E-state index is 12.4. The lowest BCUT2D eigenvalue weighted by Crippen LogP contribution is -2.47. The first-order chi connectivity index (χ1) is 13.6. The van der Waals surface area contributed by atoms with Gasteiger partial charge in [-0.15, -0.1) is 0 Å². The van der Waals surface area contributed by atoms with Crippen LogP contribution in [0.4, 0.5) is 10.8 Å². The number of aromatic nitrogens is 2. The van der Waals surface area contributed by atoms with Crippen LogP contribution in [0.2, 0.25) is 5.02 Å². The number of rotatable bonds is 2. The minimum absolute atomic E-state index is 0.0270. The smallest absolute Gasteiger partial charge is 0.252 e. The Bertz CT molecular complexity index is 1240. The summed E-state index contributed by atoms with van der Waals surface area (Å²) in [6.07, 6.45) is 0. The standard InChI is InChI=1S/C21H19ClN4OS/c1-24-17-5-3-2-4-15(17)18(13-20(24)27)25-8-10-26(11-9-25)21-23-16-7-6-14(22)12-19(16)28-21/h2-7,12-13H,8-11H2,1H3. The Kier molecular flexibility index (Phi) is 4.25. The zero-order valence-electron chi connectivity index (χ0n) is 15.4. The van der Waals surface area contributed by atoms with Gasteiger partial charge in [-0.25, -0.2) is 4.98 Å². The van der Waals surface area contributed by atoms with Crippen LogP contribution in [0.3, 0.4) is 0 Å². The number of pyridine rings is 1. The van der Waals surface area contributed by atoms with Gasteiger partial charge in [0, 0.05) is 49.7 Å². The summed E-state index contributed by atoms with van der Waals surface area (Å²) in [6.45, 7) is 3.45. The molecule has 0 amide bonds. The van der Waals surface area contributed by atoms with Crippen LogP contribution in [0.5, 0.6) is 0 Å². The van der Waals surface area contributed by atoms with E-state index in [2.05, 4.69) is 15.9 Å². The Morgan fingerprint density at radius 3 is 2.57 bits per heavy atom. The number of fused-ring (bicyclic) bond motifs is 2. The summed E-state index contributed by atoms with van der Waals surface area (Å²) in [7, 11) is 1.83. The van der Waals surface area contributed by atoms with Crippen LogP contribution >= 0.6 is 22.9 Å². The first-order valence-corrected chi connectivity index (χ1v) is 10.4. The number of para-hydroxylation sites is 1. The zero-order chi connectivity index (χ0) is 19.3. The van der Waals surface area contributed by atoms with E-state index in [-0.39, 0.29) is 5.56 Å². The highest BCUT2D eigenvalue weighted by Crippen LogP contribution is 2.32. The number of thiazole rings is 1. The molecule has 1 saturated heterocycles. The zero-order valence-corrected chi connectivity index (χ0v) is 17.0. The summed E-state index contributed by atoms with van der Waals surface area (Å²) < 4.78 is 2.82. The molecule has 0 bridgehead atoms. The molecule has 0 atom stereocenters. The van der Waals surface area contributed by atoms with Crippen LogP contribution < -0.4 is 15.4 Å². The van der Waals surface area contributed by atoms with Gasteiger partial charge in [-0.2, -0.15) is 0 Å². The number of hydrogen-bond donors (Lipinski definition) is 0. The van der Waals surface area contributed by atoms with Gasteiger partial charge >= 0.3 is 0 Å². The van der Waals surface area contributed by atoms with Gasteiger partial charge < -0.3 is 14.4 Å². The van der Waals surface area contributed by atoms with Crippen LogP contribution in [0.1, 0.15) is 0 Å². The van der Waals surface area contributed by atoms with E-state index >= 15 is 0 Å². The Hall–Kier alpha value is -2.57. The maximum Gasteiger partial charge on any atom is 0.252 e. The van der Waals surface area contributed by atoms with Gasteiger partial charge in [-0.3, -0.25) is 4.79 Å². The van der Waals surface area contributed by atoms with Gasteiger partial charge in [0.05, 0.1) is 21.4 Å². The topological polar surface area (TPSA) is 41.4 Å². The predicted octanol–water partition coefficient (Wildman–Crippen LogP) is 4.13. The SMILES string of the molecule is Cn1c(=O)cc(N2CCN(c3nc4ccc(Cl)cc4s3)CC2)c2ccccc21. The summed E-state index contributed by atoms with van der Waals surface area (Å²) in [6, 6.07) is 15.7. The van der Waals surface area contributed by atoms with E-state index in [0.717, 1.165) is 63.1 Å². The van der Waals surface area contributed by atoms with E-state index in [9.17, 15) is 4.79 Å². The molecule has 0 saturated carbocycles. The van der Waals surface area contributed by atoms with Gasteiger partial charge in [-0.05, 0) is 24.3 Å². The van der Waals surface area contributed by atoms with Gasteiger partial charge in [0.15, 0.2) is 5.13 Å². The van der Waals surface area contributed by atoms with Crippen molar-refractivity contribution in [2.45, 2.75) is 0 Å². The summed E-state index contributed by atoms with van der Waals surface area (Å²) in [5, 5.41) is 2.89. The van der Waals surface area contributed by atoms with Gasteiger partial charge in [0.2, 0.25) is 0 Å². The highest BCUT2D eigenvalue weighted by Gasteiger charge is 2.22. The second-order valence-corrected chi connectivity index (χ2v) is 8.47. The molecule has 4 aromatic rings. The molecule has 2 aromatic carbocycles. The molecule has 1 fully saturated rings. The Labute approximate surface area is 171 Å². The number of aryl methyl sites for hydroxylation is 1. The molecule has 3 heterocycles. The first-order valence-electron chi connectivity index (χ1n) is 9.25. The van der Waals surface area contributed by atoms with Crippen molar-refractivity contribution in [1.29, 1.82) is 0 Å². The predicted molar refractivity (Wildman–Crippen MR) is 118 cm³/mol. The molecule has 2 aromatic heterocycles. The van der Waals surface area contributed by atoms with Crippen molar-refractivity contribution >= 4 is 54.9 Å². The fourth-order valence-corrected chi connectivity index (χ4v) is 5.11. The van der Waals surface area contributed by atoms with Crippen LogP contribution in [-0.2, 0) is 7.05 Å². The molecule has 7 heteroatoms. The van der Waals surface area contributed by atoms with Crippen molar-refractivity contribution in [1.82, 2.24) is 9.55 Å².